The van der Waals surface area contributed by atoms with Crippen molar-refractivity contribution >= 4 is 16.7 Å². The highest BCUT2D eigenvalue weighted by atomic mass is 16.3. The van der Waals surface area contributed by atoms with Gasteiger partial charge in [-0.25, -0.2) is 9.97 Å². The lowest BCUT2D eigenvalue weighted by Gasteiger charge is -2.34. The van der Waals surface area contributed by atoms with Crippen LogP contribution in [-0.2, 0) is 13.2 Å². The summed E-state index contributed by atoms with van der Waals surface area (Å²) in [4.78, 5) is 14.2. The standard InChI is InChI=1S/C23H31N5O/c1-17-6-4-7-18-14-20(16-29)23(25-21(17)18)28-10-5-8-19(15-28)22-24-9-11-27(22)13-12-26(2)3/h4,6-7,9,11,14,19,29H,5,8,10,12-13,15-16H2,1-3H3/t19-/m0/s1. The van der Waals surface area contributed by atoms with E-state index < -0.39 is 0 Å². The molecule has 1 aromatic carbocycles. The Morgan fingerprint density at radius 1 is 1.28 bits per heavy atom. The number of aromatic nitrogens is 3. The van der Waals surface area contributed by atoms with Gasteiger partial charge in [-0.15, -0.1) is 0 Å². The highest BCUT2D eigenvalue weighted by Gasteiger charge is 2.27. The smallest absolute Gasteiger partial charge is 0.134 e. The Morgan fingerprint density at radius 3 is 2.93 bits per heavy atom. The number of piperidine rings is 1. The topological polar surface area (TPSA) is 57.4 Å². The van der Waals surface area contributed by atoms with E-state index in [0.29, 0.717) is 5.92 Å². The molecule has 1 aliphatic rings. The molecule has 3 heterocycles. The van der Waals surface area contributed by atoms with Crippen molar-refractivity contribution in [1.82, 2.24) is 19.4 Å². The van der Waals surface area contributed by atoms with Gasteiger partial charge in [-0.05, 0) is 45.5 Å². The molecule has 1 fully saturated rings. The second-order valence-electron chi connectivity index (χ2n) is 8.34. The molecule has 0 aliphatic carbocycles. The summed E-state index contributed by atoms with van der Waals surface area (Å²) in [5.74, 6) is 2.46. The molecule has 29 heavy (non-hydrogen) atoms. The molecule has 154 valence electrons. The van der Waals surface area contributed by atoms with Crippen LogP contribution in [0.2, 0.25) is 0 Å². The zero-order chi connectivity index (χ0) is 20.4. The third-order valence-electron chi connectivity index (χ3n) is 5.90. The minimum Gasteiger partial charge on any atom is -0.392 e. The van der Waals surface area contributed by atoms with E-state index in [1.807, 2.05) is 12.3 Å². The van der Waals surface area contributed by atoms with E-state index >= 15 is 0 Å². The Kier molecular flexibility index (Phi) is 5.83. The van der Waals surface area contributed by atoms with Crippen LogP contribution in [0.15, 0.2) is 36.7 Å². The van der Waals surface area contributed by atoms with Gasteiger partial charge in [0.15, 0.2) is 0 Å². The fourth-order valence-electron chi connectivity index (χ4n) is 4.33. The molecule has 6 nitrogen and oxygen atoms in total. The number of rotatable bonds is 6. The molecule has 2 aromatic heterocycles. The van der Waals surface area contributed by atoms with E-state index in [0.717, 1.165) is 61.3 Å². The Bertz CT molecular complexity index is 981. The van der Waals surface area contributed by atoms with Crippen LogP contribution in [0.5, 0.6) is 0 Å². The number of benzene rings is 1. The van der Waals surface area contributed by atoms with Gasteiger partial charge in [0.25, 0.3) is 0 Å². The van der Waals surface area contributed by atoms with Crippen molar-refractivity contribution < 1.29 is 5.11 Å². The van der Waals surface area contributed by atoms with E-state index in [9.17, 15) is 5.11 Å². The van der Waals surface area contributed by atoms with Crippen molar-refractivity contribution in [3.63, 3.8) is 0 Å². The summed E-state index contributed by atoms with van der Waals surface area (Å²) >= 11 is 0. The predicted molar refractivity (Wildman–Crippen MR) is 117 cm³/mol. The fraction of sp³-hybridized carbons (Fsp3) is 0.478. The van der Waals surface area contributed by atoms with Crippen molar-refractivity contribution in [1.29, 1.82) is 0 Å². The third-order valence-corrected chi connectivity index (χ3v) is 5.90. The van der Waals surface area contributed by atoms with Crippen LogP contribution < -0.4 is 4.90 Å². The van der Waals surface area contributed by atoms with Crippen LogP contribution in [0.25, 0.3) is 10.9 Å². The van der Waals surface area contributed by atoms with Crippen molar-refractivity contribution in [2.75, 3.05) is 38.6 Å². The van der Waals surface area contributed by atoms with Gasteiger partial charge in [-0.3, -0.25) is 0 Å². The zero-order valence-corrected chi connectivity index (χ0v) is 17.7. The number of fused-ring (bicyclic) bond motifs is 1. The molecule has 3 aromatic rings. The van der Waals surface area contributed by atoms with Crippen LogP contribution in [0.4, 0.5) is 5.82 Å². The highest BCUT2D eigenvalue weighted by Crippen LogP contribution is 2.32. The first-order valence-corrected chi connectivity index (χ1v) is 10.5. The summed E-state index contributed by atoms with van der Waals surface area (Å²) in [6.07, 6.45) is 6.25. The van der Waals surface area contributed by atoms with Crippen molar-refractivity contribution in [3.8, 4) is 0 Å². The van der Waals surface area contributed by atoms with E-state index in [1.165, 1.54) is 11.4 Å². The molecule has 1 saturated heterocycles. The molecule has 1 aliphatic heterocycles. The normalized spacial score (nSPS) is 17.4. The number of pyridine rings is 1. The van der Waals surface area contributed by atoms with E-state index in [1.54, 1.807) is 0 Å². The number of anilines is 1. The highest BCUT2D eigenvalue weighted by molar-refractivity contribution is 5.84. The first-order valence-electron chi connectivity index (χ1n) is 10.5. The molecule has 0 bridgehead atoms. The maximum Gasteiger partial charge on any atom is 0.134 e. The molecule has 0 saturated carbocycles. The van der Waals surface area contributed by atoms with Crippen molar-refractivity contribution in [2.24, 2.45) is 0 Å². The number of likely N-dealkylation sites (N-methyl/N-ethyl adjacent to an activating group) is 1. The Balaban J connectivity index is 1.62. The number of imidazole rings is 1. The minimum atomic E-state index is 0.00481. The number of aliphatic hydroxyl groups is 1. The molecule has 0 unspecified atom stereocenters. The zero-order valence-electron chi connectivity index (χ0n) is 17.7. The van der Waals surface area contributed by atoms with Crippen LogP contribution in [0.3, 0.4) is 0 Å². The monoisotopic (exact) mass is 393 g/mol. The lowest BCUT2D eigenvalue weighted by Crippen LogP contribution is -2.36. The molecular weight excluding hydrogens is 362 g/mol. The summed E-state index contributed by atoms with van der Waals surface area (Å²) in [6, 6.07) is 8.30. The second kappa shape index (κ2) is 8.51. The number of hydrogen-bond donors (Lipinski definition) is 1. The fourth-order valence-corrected chi connectivity index (χ4v) is 4.33. The Hall–Kier alpha value is -2.44. The first kappa shape index (κ1) is 19.9. The number of para-hydroxylation sites is 1. The van der Waals surface area contributed by atoms with E-state index in [4.69, 9.17) is 9.97 Å². The number of hydrogen-bond acceptors (Lipinski definition) is 5. The summed E-state index contributed by atoms with van der Waals surface area (Å²) < 4.78 is 2.29. The molecule has 1 atom stereocenters. The van der Waals surface area contributed by atoms with Gasteiger partial charge in [0.05, 0.1) is 12.1 Å². The quantitative estimate of drug-likeness (QED) is 0.697. The van der Waals surface area contributed by atoms with Gasteiger partial charge in [0.1, 0.15) is 11.6 Å². The van der Waals surface area contributed by atoms with Crippen LogP contribution in [-0.4, -0.2) is 58.3 Å². The molecule has 0 radical (unpaired) electrons. The van der Waals surface area contributed by atoms with Crippen LogP contribution >= 0.6 is 0 Å². The molecule has 1 N–H and O–H groups in total. The van der Waals surface area contributed by atoms with Crippen molar-refractivity contribution in [2.45, 2.75) is 38.8 Å². The van der Waals surface area contributed by atoms with E-state index in [-0.39, 0.29) is 6.61 Å². The maximum atomic E-state index is 10.0. The predicted octanol–water partition coefficient (Wildman–Crippen LogP) is 3.18. The van der Waals surface area contributed by atoms with Crippen LogP contribution in [0, 0.1) is 6.92 Å². The maximum absolute atomic E-state index is 10.0. The second-order valence-corrected chi connectivity index (χ2v) is 8.34. The van der Waals surface area contributed by atoms with Gasteiger partial charge in [0.2, 0.25) is 0 Å². The summed E-state index contributed by atoms with van der Waals surface area (Å²) in [6.45, 7) is 5.90. The number of nitrogens with zero attached hydrogens (tertiary/aromatic N) is 5. The Morgan fingerprint density at radius 2 is 2.14 bits per heavy atom. The van der Waals surface area contributed by atoms with Gasteiger partial charge in [-0.1, -0.05) is 18.2 Å². The average molecular weight is 394 g/mol. The van der Waals surface area contributed by atoms with Crippen LogP contribution in [0.1, 0.15) is 35.7 Å². The van der Waals surface area contributed by atoms with Crippen molar-refractivity contribution in [3.05, 3.63) is 53.6 Å². The molecular formula is C23H31N5O. The molecule has 0 amide bonds. The number of aliphatic hydroxyl groups excluding tert-OH is 1. The molecule has 4 rings (SSSR count). The minimum absolute atomic E-state index is 0.00481. The third kappa shape index (κ3) is 4.14. The van der Waals surface area contributed by atoms with Gasteiger partial charge < -0.3 is 19.5 Å². The summed E-state index contributed by atoms with van der Waals surface area (Å²) in [7, 11) is 4.20. The molecule has 0 spiro atoms. The number of aryl methyl sites for hydroxylation is 1. The molecule has 6 heteroatoms. The average Bonchev–Trinajstić information content (AvgIpc) is 3.20. The largest absolute Gasteiger partial charge is 0.392 e. The van der Waals surface area contributed by atoms with E-state index in [2.05, 4.69) is 59.8 Å². The first-order chi connectivity index (χ1) is 14.1. The Labute approximate surface area is 172 Å². The lowest BCUT2D eigenvalue weighted by atomic mass is 9.96. The van der Waals surface area contributed by atoms with Gasteiger partial charge in [-0.2, -0.15) is 0 Å². The van der Waals surface area contributed by atoms with Gasteiger partial charge in [0, 0.05) is 55.4 Å². The SMILES string of the molecule is Cc1cccc2cc(CO)c(N3CCC[C@H](c4nccn4CCN(C)C)C3)nc12. The van der Waals surface area contributed by atoms with Gasteiger partial charge >= 0.3 is 0 Å². The summed E-state index contributed by atoms with van der Waals surface area (Å²) in [5, 5.41) is 11.1. The lowest BCUT2D eigenvalue weighted by molar-refractivity contribution is 0.281. The summed E-state index contributed by atoms with van der Waals surface area (Å²) in [5.41, 5.74) is 3.09.